The van der Waals surface area contributed by atoms with E-state index in [2.05, 4.69) is 33.0 Å². The largest absolute Gasteiger partial charge is 0.494 e. The Morgan fingerprint density at radius 3 is 2.56 bits per heavy atom. The highest BCUT2D eigenvalue weighted by Gasteiger charge is 2.09. The third-order valence-electron chi connectivity index (χ3n) is 2.67. The molecule has 0 aliphatic heterocycles. The molecule has 0 N–H and O–H groups in total. The van der Waals surface area contributed by atoms with Crippen LogP contribution in [0.2, 0.25) is 0 Å². The fraction of sp³-hybridized carbons (Fsp3) is 0.267. The Morgan fingerprint density at radius 2 is 1.94 bits per heavy atom. The SMILES string of the molecule is CCOc1ccc(C(Br)Cc2ccccn2)cc1. The van der Waals surface area contributed by atoms with E-state index in [0.717, 1.165) is 17.9 Å². The number of hydrogen-bond donors (Lipinski definition) is 0. The molecule has 2 aromatic rings. The van der Waals surface area contributed by atoms with Gasteiger partial charge in [-0.1, -0.05) is 34.1 Å². The standard InChI is InChI=1S/C15H16BrNO/c1-2-18-14-8-6-12(7-9-14)15(16)11-13-5-3-4-10-17-13/h3-10,15H,2,11H2,1H3. The van der Waals surface area contributed by atoms with Crippen molar-refractivity contribution in [2.75, 3.05) is 6.61 Å². The van der Waals surface area contributed by atoms with E-state index in [1.165, 1.54) is 5.56 Å². The molecule has 0 aliphatic carbocycles. The van der Waals surface area contributed by atoms with Crippen molar-refractivity contribution >= 4 is 15.9 Å². The smallest absolute Gasteiger partial charge is 0.119 e. The highest BCUT2D eigenvalue weighted by Crippen LogP contribution is 2.27. The zero-order valence-corrected chi connectivity index (χ0v) is 11.9. The number of pyridine rings is 1. The van der Waals surface area contributed by atoms with Crippen LogP contribution >= 0.6 is 15.9 Å². The zero-order valence-electron chi connectivity index (χ0n) is 10.3. The number of benzene rings is 1. The van der Waals surface area contributed by atoms with E-state index in [1.807, 2.05) is 43.5 Å². The van der Waals surface area contributed by atoms with E-state index in [4.69, 9.17) is 4.74 Å². The molecule has 0 saturated heterocycles. The quantitative estimate of drug-likeness (QED) is 0.774. The van der Waals surface area contributed by atoms with Gasteiger partial charge in [-0.3, -0.25) is 4.98 Å². The lowest BCUT2D eigenvalue weighted by atomic mass is 10.1. The second kappa shape index (κ2) is 6.55. The van der Waals surface area contributed by atoms with Crippen LogP contribution in [0.1, 0.15) is 23.0 Å². The van der Waals surface area contributed by atoms with Crippen molar-refractivity contribution in [1.29, 1.82) is 0 Å². The molecule has 0 amide bonds. The lowest BCUT2D eigenvalue weighted by Gasteiger charge is -2.10. The summed E-state index contributed by atoms with van der Waals surface area (Å²) in [5.74, 6) is 0.916. The monoisotopic (exact) mass is 305 g/mol. The lowest BCUT2D eigenvalue weighted by Crippen LogP contribution is -1.98. The van der Waals surface area contributed by atoms with E-state index < -0.39 is 0 Å². The van der Waals surface area contributed by atoms with Crippen molar-refractivity contribution in [1.82, 2.24) is 4.98 Å². The van der Waals surface area contributed by atoms with Gasteiger partial charge in [0.2, 0.25) is 0 Å². The van der Waals surface area contributed by atoms with Crippen LogP contribution in [0.3, 0.4) is 0 Å². The van der Waals surface area contributed by atoms with Crippen molar-refractivity contribution in [2.24, 2.45) is 0 Å². The molecule has 0 bridgehead atoms. The molecule has 1 heterocycles. The van der Waals surface area contributed by atoms with Crippen LogP contribution in [0.5, 0.6) is 5.75 Å². The number of alkyl halides is 1. The Hall–Kier alpha value is -1.35. The molecule has 0 spiro atoms. The summed E-state index contributed by atoms with van der Waals surface area (Å²) in [4.78, 5) is 4.62. The number of ether oxygens (including phenoxy) is 1. The van der Waals surface area contributed by atoms with Crippen molar-refractivity contribution in [3.8, 4) is 5.75 Å². The maximum Gasteiger partial charge on any atom is 0.119 e. The number of hydrogen-bond acceptors (Lipinski definition) is 2. The van der Waals surface area contributed by atoms with Gasteiger partial charge >= 0.3 is 0 Å². The Bertz CT molecular complexity index is 470. The predicted octanol–water partition coefficient (Wildman–Crippen LogP) is 4.16. The van der Waals surface area contributed by atoms with Gasteiger partial charge in [-0.2, -0.15) is 0 Å². The second-order valence-electron chi connectivity index (χ2n) is 3.99. The molecule has 1 unspecified atom stereocenters. The average Bonchev–Trinajstić information content (AvgIpc) is 2.41. The predicted molar refractivity (Wildman–Crippen MR) is 77.2 cm³/mol. The van der Waals surface area contributed by atoms with Gasteiger partial charge in [-0.25, -0.2) is 0 Å². The molecule has 94 valence electrons. The summed E-state index contributed by atoms with van der Waals surface area (Å²) in [5.41, 5.74) is 2.33. The van der Waals surface area contributed by atoms with Gasteiger partial charge in [0.25, 0.3) is 0 Å². The van der Waals surface area contributed by atoms with Gasteiger partial charge in [0.15, 0.2) is 0 Å². The topological polar surface area (TPSA) is 22.1 Å². The highest BCUT2D eigenvalue weighted by atomic mass is 79.9. The van der Waals surface area contributed by atoms with Crippen LogP contribution in [0.4, 0.5) is 0 Å². The van der Waals surface area contributed by atoms with Gasteiger partial charge in [-0.15, -0.1) is 0 Å². The van der Waals surface area contributed by atoms with Gasteiger partial charge in [0.1, 0.15) is 5.75 Å². The van der Waals surface area contributed by atoms with E-state index in [1.54, 1.807) is 0 Å². The Morgan fingerprint density at radius 1 is 1.17 bits per heavy atom. The zero-order chi connectivity index (χ0) is 12.8. The number of rotatable bonds is 5. The number of halogens is 1. The van der Waals surface area contributed by atoms with E-state index in [9.17, 15) is 0 Å². The summed E-state index contributed by atoms with van der Waals surface area (Å²) in [6, 6.07) is 14.2. The summed E-state index contributed by atoms with van der Waals surface area (Å²) in [6.45, 7) is 2.69. The summed E-state index contributed by atoms with van der Waals surface area (Å²) >= 11 is 3.71. The molecule has 1 atom stereocenters. The summed E-state index contributed by atoms with van der Waals surface area (Å²) < 4.78 is 5.43. The van der Waals surface area contributed by atoms with Crippen LogP contribution in [0, 0.1) is 0 Å². The fourth-order valence-electron chi connectivity index (χ4n) is 1.76. The third kappa shape index (κ3) is 3.57. The minimum Gasteiger partial charge on any atom is -0.494 e. The van der Waals surface area contributed by atoms with E-state index in [0.29, 0.717) is 6.61 Å². The van der Waals surface area contributed by atoms with Crippen LogP contribution in [0.25, 0.3) is 0 Å². The summed E-state index contributed by atoms with van der Waals surface area (Å²) in [6.07, 6.45) is 2.71. The molecule has 0 radical (unpaired) electrons. The first-order chi connectivity index (χ1) is 8.79. The minimum absolute atomic E-state index is 0.281. The van der Waals surface area contributed by atoms with Gasteiger partial charge in [-0.05, 0) is 36.8 Å². The van der Waals surface area contributed by atoms with Gasteiger partial charge < -0.3 is 4.74 Å². The first-order valence-corrected chi connectivity index (χ1v) is 6.98. The second-order valence-corrected chi connectivity index (χ2v) is 5.10. The van der Waals surface area contributed by atoms with E-state index in [-0.39, 0.29) is 4.83 Å². The number of aromatic nitrogens is 1. The molecule has 2 nitrogen and oxygen atoms in total. The molecule has 18 heavy (non-hydrogen) atoms. The van der Waals surface area contributed by atoms with Crippen molar-refractivity contribution in [3.05, 3.63) is 59.9 Å². The summed E-state index contributed by atoms with van der Waals surface area (Å²) in [7, 11) is 0. The highest BCUT2D eigenvalue weighted by molar-refractivity contribution is 9.09. The molecule has 1 aromatic carbocycles. The Kier molecular flexibility index (Phi) is 4.76. The Balaban J connectivity index is 2.02. The first kappa shape index (κ1) is 13.1. The van der Waals surface area contributed by atoms with Crippen LogP contribution in [-0.2, 0) is 6.42 Å². The van der Waals surface area contributed by atoms with Crippen molar-refractivity contribution in [3.63, 3.8) is 0 Å². The Labute approximate surface area is 116 Å². The van der Waals surface area contributed by atoms with Crippen molar-refractivity contribution in [2.45, 2.75) is 18.2 Å². The summed E-state index contributed by atoms with van der Waals surface area (Å²) in [5, 5.41) is 0. The van der Waals surface area contributed by atoms with Crippen LogP contribution in [-0.4, -0.2) is 11.6 Å². The molecule has 3 heteroatoms. The molecule has 2 rings (SSSR count). The fourth-order valence-corrected chi connectivity index (χ4v) is 2.40. The van der Waals surface area contributed by atoms with E-state index >= 15 is 0 Å². The molecule has 0 saturated carbocycles. The average molecular weight is 306 g/mol. The number of nitrogens with zero attached hydrogens (tertiary/aromatic N) is 1. The van der Waals surface area contributed by atoms with Crippen LogP contribution in [0.15, 0.2) is 48.7 Å². The van der Waals surface area contributed by atoms with Gasteiger partial charge in [0, 0.05) is 23.1 Å². The maximum absolute atomic E-state index is 5.43. The first-order valence-electron chi connectivity index (χ1n) is 6.06. The van der Waals surface area contributed by atoms with Crippen molar-refractivity contribution < 1.29 is 4.74 Å². The molecular weight excluding hydrogens is 290 g/mol. The minimum atomic E-state index is 0.281. The van der Waals surface area contributed by atoms with Crippen LogP contribution < -0.4 is 4.74 Å². The normalized spacial score (nSPS) is 12.1. The van der Waals surface area contributed by atoms with Gasteiger partial charge in [0.05, 0.1) is 6.61 Å². The molecule has 0 fully saturated rings. The lowest BCUT2D eigenvalue weighted by molar-refractivity contribution is 0.340. The molecular formula is C15H16BrNO. The maximum atomic E-state index is 5.43. The third-order valence-corrected chi connectivity index (χ3v) is 3.52. The molecule has 1 aromatic heterocycles. The molecule has 0 aliphatic rings.